The molecule has 14 unspecified atom stereocenters. The van der Waals surface area contributed by atoms with E-state index in [9.17, 15) is 34.5 Å². The number of hydrogen-bond donors (Lipinski definition) is 4. The Hall–Kier alpha value is -4.02. The van der Waals surface area contributed by atoms with E-state index in [1.807, 2.05) is 63.4 Å². The molecular formula is C52H74N2O12. The van der Waals surface area contributed by atoms with Crippen LogP contribution in [-0.4, -0.2) is 125 Å². The number of carbonyl (C=O) groups excluding carboxylic acids is 4. The molecule has 66 heavy (non-hydrogen) atoms. The van der Waals surface area contributed by atoms with E-state index in [1.54, 1.807) is 27.0 Å². The van der Waals surface area contributed by atoms with Crippen LogP contribution in [0.25, 0.3) is 10.9 Å². The summed E-state index contributed by atoms with van der Waals surface area (Å²) < 4.78 is 30.4. The molecule has 4 N–H and O–H groups in total. The highest BCUT2D eigenvalue weighted by molar-refractivity contribution is 6.39. The predicted molar refractivity (Wildman–Crippen MR) is 249 cm³/mol. The highest BCUT2D eigenvalue weighted by Gasteiger charge is 2.57. The second-order valence-electron chi connectivity index (χ2n) is 19.8. The number of allylic oxidation sites excluding steroid dienone is 4. The Morgan fingerprint density at radius 2 is 1.70 bits per heavy atom. The van der Waals surface area contributed by atoms with Crippen molar-refractivity contribution in [1.29, 1.82) is 0 Å². The molecule has 3 aliphatic heterocycles. The molecule has 2 aromatic rings. The topological polar surface area (TPSA) is 194 Å². The molecule has 0 radical (unpaired) electrons. The second kappa shape index (κ2) is 21.9. The molecule has 6 rings (SSSR count). The molecule has 0 spiro atoms. The monoisotopic (exact) mass is 919 g/mol. The zero-order valence-corrected chi connectivity index (χ0v) is 40.2. The number of ketones is 2. The first-order chi connectivity index (χ1) is 31.4. The zero-order chi connectivity index (χ0) is 48.1. The maximum atomic E-state index is 14.6. The minimum absolute atomic E-state index is 0.00449. The van der Waals surface area contributed by atoms with Crippen LogP contribution in [0.4, 0.5) is 0 Å². The predicted octanol–water partition coefficient (Wildman–Crippen LogP) is 6.65. The van der Waals surface area contributed by atoms with E-state index < -0.39 is 89.5 Å². The van der Waals surface area contributed by atoms with E-state index in [4.69, 9.17) is 23.7 Å². The summed E-state index contributed by atoms with van der Waals surface area (Å²) in [5.41, 5.74) is 2.05. The molecule has 3 fully saturated rings. The Bertz CT molecular complexity index is 2110. The standard InChI is InChI=1S/C52H74N2O12/c1-10-13-37-23-30(2)22-31(3)24-43(62-7)47-44(63-8)26-33(5)52(61,66-47)48(57)49(58)54-21-12-11-14-40(54)50(59)65-46(34(6)41(55)29-42(37)56)32(4)25-35-17-19-51(60,45(27-35)64-9)38-15-16-39-36(28-38)18-20-53-39/h10,15-16,18,20,23,25,28,31,33-35,37,40-41,43-47,53,55,60-61H,1,11-14,17,19,21-22,24,26-27,29H2,2-9H3. The number of ether oxygens (including phenoxy) is 5. The van der Waals surface area contributed by atoms with Gasteiger partial charge >= 0.3 is 5.97 Å². The zero-order valence-electron chi connectivity index (χ0n) is 40.2. The number of rotatable bonds is 8. The number of aromatic nitrogens is 1. The van der Waals surface area contributed by atoms with Gasteiger partial charge in [0.25, 0.3) is 11.7 Å². The maximum absolute atomic E-state index is 14.6. The quantitative estimate of drug-likeness (QED) is 0.125. The molecule has 1 saturated carbocycles. The largest absolute Gasteiger partial charge is 0.456 e. The summed E-state index contributed by atoms with van der Waals surface area (Å²) >= 11 is 0. The number of amides is 1. The van der Waals surface area contributed by atoms with Crippen LogP contribution in [0.15, 0.2) is 66.4 Å². The summed E-state index contributed by atoms with van der Waals surface area (Å²) in [5.74, 6) is -8.02. The number of carbonyl (C=O) groups is 4. The third-order valence-corrected chi connectivity index (χ3v) is 15.1. The van der Waals surface area contributed by atoms with Gasteiger partial charge < -0.3 is 48.9 Å². The van der Waals surface area contributed by atoms with E-state index in [-0.39, 0.29) is 43.4 Å². The van der Waals surface area contributed by atoms with E-state index in [0.29, 0.717) is 56.9 Å². The smallest absolute Gasteiger partial charge is 0.329 e. The molecule has 1 aliphatic carbocycles. The van der Waals surface area contributed by atoms with Gasteiger partial charge in [0.1, 0.15) is 29.6 Å². The van der Waals surface area contributed by atoms with Gasteiger partial charge in [-0.05, 0) is 125 Å². The van der Waals surface area contributed by atoms with Crippen molar-refractivity contribution in [2.75, 3.05) is 27.9 Å². The minimum Gasteiger partial charge on any atom is -0.456 e. The summed E-state index contributed by atoms with van der Waals surface area (Å²) in [6, 6.07) is 6.63. The molecular weight excluding hydrogens is 845 g/mol. The summed E-state index contributed by atoms with van der Waals surface area (Å²) in [4.78, 5) is 61.8. The van der Waals surface area contributed by atoms with Crippen LogP contribution in [-0.2, 0) is 48.5 Å². The number of Topliss-reactive ketones (excluding diaryl/α,β-unsaturated/α-hetero) is 2. The third kappa shape index (κ3) is 11.0. The van der Waals surface area contributed by atoms with E-state index in [1.165, 1.54) is 19.1 Å². The van der Waals surface area contributed by atoms with Gasteiger partial charge in [0.15, 0.2) is 0 Å². The van der Waals surface area contributed by atoms with Gasteiger partial charge in [-0.25, -0.2) is 4.79 Å². The van der Waals surface area contributed by atoms with Crippen molar-refractivity contribution in [3.63, 3.8) is 0 Å². The number of aliphatic hydroxyl groups excluding tert-OH is 1. The molecule has 1 amide bonds. The number of aliphatic hydroxyl groups is 3. The fraction of sp³-hybridized carbons (Fsp3) is 0.654. The number of cyclic esters (lactones) is 1. The highest BCUT2D eigenvalue weighted by atomic mass is 16.7. The van der Waals surface area contributed by atoms with Crippen LogP contribution >= 0.6 is 0 Å². The lowest BCUT2D eigenvalue weighted by molar-refractivity contribution is -0.302. The summed E-state index contributed by atoms with van der Waals surface area (Å²) in [7, 11) is 4.64. The Morgan fingerprint density at radius 3 is 2.39 bits per heavy atom. The molecule has 2 bridgehead atoms. The number of methoxy groups -OCH3 is 3. The Kier molecular flexibility index (Phi) is 17.1. The van der Waals surface area contributed by atoms with E-state index >= 15 is 0 Å². The first-order valence-corrected chi connectivity index (χ1v) is 23.9. The first kappa shape index (κ1) is 51.4. The molecule has 14 heteroatoms. The lowest BCUT2D eigenvalue weighted by Crippen LogP contribution is -2.64. The molecule has 1 aromatic heterocycles. The summed E-state index contributed by atoms with van der Waals surface area (Å²) in [5, 5.41) is 37.2. The molecule has 1 aromatic carbocycles. The van der Waals surface area contributed by atoms with Crippen LogP contribution in [0.5, 0.6) is 0 Å². The van der Waals surface area contributed by atoms with Crippen molar-refractivity contribution in [2.24, 2.45) is 29.6 Å². The number of H-pyrrole nitrogens is 1. The average Bonchev–Trinajstić information content (AvgIpc) is 3.78. The third-order valence-electron chi connectivity index (χ3n) is 15.1. The van der Waals surface area contributed by atoms with Crippen molar-refractivity contribution < 1.29 is 58.2 Å². The van der Waals surface area contributed by atoms with Crippen molar-refractivity contribution in [3.8, 4) is 0 Å². The van der Waals surface area contributed by atoms with Crippen LogP contribution in [0.1, 0.15) is 111 Å². The summed E-state index contributed by atoms with van der Waals surface area (Å²) in [6.45, 7) is 13.2. The number of benzene rings is 1. The Balaban J connectivity index is 1.35. The highest BCUT2D eigenvalue weighted by Crippen LogP contribution is 2.44. The molecule has 4 aliphatic rings. The Labute approximate surface area is 390 Å². The van der Waals surface area contributed by atoms with Crippen molar-refractivity contribution >= 4 is 34.3 Å². The number of piperidine rings is 1. The van der Waals surface area contributed by atoms with Crippen LogP contribution in [0, 0.1) is 29.6 Å². The number of aromatic amines is 1. The number of nitrogens with zero attached hydrogens (tertiary/aromatic N) is 1. The molecule has 364 valence electrons. The van der Waals surface area contributed by atoms with Crippen LogP contribution < -0.4 is 0 Å². The van der Waals surface area contributed by atoms with Gasteiger partial charge in [-0.1, -0.05) is 50.6 Å². The Morgan fingerprint density at radius 1 is 0.970 bits per heavy atom. The van der Waals surface area contributed by atoms with E-state index in [2.05, 4.69) is 11.6 Å². The first-order valence-electron chi connectivity index (χ1n) is 23.9. The fourth-order valence-electron chi connectivity index (χ4n) is 11.1. The SMILES string of the molecule is C=CCC1C=C(C)CC(C)CC(OC)C2OC(O)(C(=O)C(=O)N3CCCCC3C(=O)OC(C(C)=CC3CCC(O)(c4ccc5[nH]ccc5c4)C(OC)C3)C(C)C(O)CC1=O)C(C)CC2OC. The number of nitrogens with one attached hydrogen (secondary N) is 1. The molecule has 2 saturated heterocycles. The van der Waals surface area contributed by atoms with Gasteiger partial charge in [-0.2, -0.15) is 0 Å². The number of hydrogen-bond acceptors (Lipinski definition) is 12. The van der Waals surface area contributed by atoms with Crippen molar-refractivity contribution in [2.45, 2.75) is 159 Å². The minimum atomic E-state index is -2.53. The molecule has 14 nitrogen and oxygen atoms in total. The summed E-state index contributed by atoms with van der Waals surface area (Å²) in [6.07, 6.45) is 6.62. The maximum Gasteiger partial charge on any atom is 0.329 e. The van der Waals surface area contributed by atoms with Gasteiger partial charge in [0, 0.05) is 63.8 Å². The van der Waals surface area contributed by atoms with Gasteiger partial charge in [-0.15, -0.1) is 6.58 Å². The van der Waals surface area contributed by atoms with Gasteiger partial charge in [0.05, 0.1) is 24.4 Å². The average molecular weight is 919 g/mol. The molecule has 14 atom stereocenters. The van der Waals surface area contributed by atoms with Crippen LogP contribution in [0.3, 0.4) is 0 Å². The van der Waals surface area contributed by atoms with Crippen molar-refractivity contribution in [3.05, 3.63) is 72.0 Å². The van der Waals surface area contributed by atoms with E-state index in [0.717, 1.165) is 22.0 Å². The lowest BCUT2D eigenvalue weighted by Gasteiger charge is -2.47. The fourth-order valence-corrected chi connectivity index (χ4v) is 11.1. The number of fused-ring (bicyclic) bond motifs is 4. The molecule has 4 heterocycles. The van der Waals surface area contributed by atoms with Gasteiger partial charge in [0.2, 0.25) is 5.79 Å². The van der Waals surface area contributed by atoms with Crippen LogP contribution in [0.2, 0.25) is 0 Å². The normalized spacial score (nSPS) is 37.4. The number of esters is 1. The second-order valence-corrected chi connectivity index (χ2v) is 19.8. The van der Waals surface area contributed by atoms with Crippen molar-refractivity contribution in [1.82, 2.24) is 9.88 Å². The van der Waals surface area contributed by atoms with Gasteiger partial charge in [-0.3, -0.25) is 14.4 Å². The lowest BCUT2D eigenvalue weighted by atomic mass is 9.72.